The van der Waals surface area contributed by atoms with Gasteiger partial charge in [0.1, 0.15) is 10.9 Å². The summed E-state index contributed by atoms with van der Waals surface area (Å²) in [5.41, 5.74) is 2.74. The number of aryl methyl sites for hydroxylation is 1. The van der Waals surface area contributed by atoms with Gasteiger partial charge in [0, 0.05) is 5.56 Å². The fraction of sp³-hybridized carbons (Fsp3) is 0.357. The predicted octanol–water partition coefficient (Wildman–Crippen LogP) is 4.23. The Hall–Kier alpha value is -1.19. The van der Waals surface area contributed by atoms with Crippen LogP contribution in [0.1, 0.15) is 25.1 Å². The molecule has 2 aromatic rings. The molecular formula is C14H16Cl2N2O. The highest BCUT2D eigenvalue weighted by Gasteiger charge is 2.15. The molecule has 0 aliphatic heterocycles. The first kappa shape index (κ1) is 14.2. The predicted molar refractivity (Wildman–Crippen MR) is 78.7 cm³/mol. The van der Waals surface area contributed by atoms with E-state index in [1.807, 2.05) is 38.1 Å². The fourth-order valence-electron chi connectivity index (χ4n) is 1.91. The third kappa shape index (κ3) is 2.88. The van der Waals surface area contributed by atoms with Crippen molar-refractivity contribution in [3.05, 3.63) is 40.7 Å². The summed E-state index contributed by atoms with van der Waals surface area (Å²) in [5.74, 6) is 1.21. The van der Waals surface area contributed by atoms with E-state index in [1.165, 1.54) is 0 Å². The zero-order valence-electron chi connectivity index (χ0n) is 11.0. The number of hydrogen-bond acceptors (Lipinski definition) is 2. The molecule has 2 rings (SSSR count). The molecule has 1 heterocycles. The van der Waals surface area contributed by atoms with Gasteiger partial charge in [0.25, 0.3) is 0 Å². The molecule has 1 aromatic carbocycles. The summed E-state index contributed by atoms with van der Waals surface area (Å²) in [4.78, 5) is 0. The molecule has 0 amide bonds. The van der Waals surface area contributed by atoms with E-state index in [0.717, 1.165) is 29.1 Å². The molecule has 0 spiro atoms. The molecule has 0 bridgehead atoms. The van der Waals surface area contributed by atoms with Crippen LogP contribution in [-0.4, -0.2) is 16.4 Å². The van der Waals surface area contributed by atoms with Crippen molar-refractivity contribution in [1.29, 1.82) is 0 Å². The molecule has 0 atom stereocenters. The molecule has 0 aliphatic carbocycles. The van der Waals surface area contributed by atoms with E-state index in [0.29, 0.717) is 17.6 Å². The van der Waals surface area contributed by atoms with Crippen molar-refractivity contribution in [3.8, 4) is 11.4 Å². The van der Waals surface area contributed by atoms with E-state index in [-0.39, 0.29) is 0 Å². The molecule has 5 heteroatoms. The molecule has 19 heavy (non-hydrogen) atoms. The second-order valence-electron chi connectivity index (χ2n) is 4.04. The lowest BCUT2D eigenvalue weighted by atomic mass is 10.2. The van der Waals surface area contributed by atoms with Crippen LogP contribution in [-0.2, 0) is 12.3 Å². The number of benzene rings is 1. The average molecular weight is 299 g/mol. The number of alkyl halides is 1. The van der Waals surface area contributed by atoms with Crippen LogP contribution >= 0.6 is 23.2 Å². The molecular weight excluding hydrogens is 283 g/mol. The van der Waals surface area contributed by atoms with E-state index in [4.69, 9.17) is 27.9 Å². The van der Waals surface area contributed by atoms with Crippen molar-refractivity contribution in [2.75, 3.05) is 6.61 Å². The quantitative estimate of drug-likeness (QED) is 0.773. The van der Waals surface area contributed by atoms with E-state index >= 15 is 0 Å². The van der Waals surface area contributed by atoms with Crippen LogP contribution in [0.5, 0.6) is 5.75 Å². The molecule has 0 N–H and O–H groups in total. The van der Waals surface area contributed by atoms with Gasteiger partial charge in [-0.3, -0.25) is 0 Å². The second-order valence-corrected chi connectivity index (χ2v) is 4.67. The zero-order chi connectivity index (χ0) is 13.8. The number of hydrogen-bond donors (Lipinski definition) is 0. The van der Waals surface area contributed by atoms with Gasteiger partial charge >= 0.3 is 0 Å². The summed E-state index contributed by atoms with van der Waals surface area (Å²) in [5, 5.41) is 5.08. The van der Waals surface area contributed by atoms with Gasteiger partial charge < -0.3 is 4.74 Å². The van der Waals surface area contributed by atoms with Gasteiger partial charge in [0.05, 0.1) is 23.9 Å². The van der Waals surface area contributed by atoms with Crippen molar-refractivity contribution >= 4 is 23.2 Å². The van der Waals surface area contributed by atoms with Crippen LogP contribution in [0.4, 0.5) is 0 Å². The molecule has 0 radical (unpaired) electrons. The molecule has 102 valence electrons. The fourth-order valence-corrected chi connectivity index (χ4v) is 2.57. The van der Waals surface area contributed by atoms with Crippen LogP contribution in [0.15, 0.2) is 24.3 Å². The minimum Gasteiger partial charge on any atom is -0.494 e. The minimum absolute atomic E-state index is 0.374. The van der Waals surface area contributed by atoms with Gasteiger partial charge in [-0.2, -0.15) is 5.10 Å². The highest BCUT2D eigenvalue weighted by Crippen LogP contribution is 2.26. The van der Waals surface area contributed by atoms with Crippen LogP contribution in [0.2, 0.25) is 5.15 Å². The van der Waals surface area contributed by atoms with Gasteiger partial charge in [0.2, 0.25) is 0 Å². The summed E-state index contributed by atoms with van der Waals surface area (Å²) >= 11 is 12.3. The number of halogens is 2. The highest BCUT2D eigenvalue weighted by molar-refractivity contribution is 6.31. The van der Waals surface area contributed by atoms with Crippen LogP contribution in [0.25, 0.3) is 5.69 Å². The van der Waals surface area contributed by atoms with Crippen LogP contribution in [0, 0.1) is 0 Å². The lowest BCUT2D eigenvalue weighted by molar-refractivity contribution is 0.340. The standard InChI is InChI=1S/C14H16Cl2N2O/c1-3-13-12(9-15)14(16)18(17-13)10-5-7-11(8-6-10)19-4-2/h5-8H,3-4,9H2,1-2H3. The Balaban J connectivity index is 2.38. The average Bonchev–Trinajstić information content (AvgIpc) is 2.76. The van der Waals surface area contributed by atoms with Gasteiger partial charge in [0.15, 0.2) is 0 Å². The molecule has 0 saturated heterocycles. The lowest BCUT2D eigenvalue weighted by Gasteiger charge is -2.06. The van der Waals surface area contributed by atoms with E-state index in [9.17, 15) is 0 Å². The van der Waals surface area contributed by atoms with Crippen molar-refractivity contribution < 1.29 is 4.74 Å². The normalized spacial score (nSPS) is 10.7. The van der Waals surface area contributed by atoms with E-state index in [1.54, 1.807) is 4.68 Å². The maximum absolute atomic E-state index is 6.33. The Morgan fingerprint density at radius 3 is 2.37 bits per heavy atom. The molecule has 0 fully saturated rings. The Labute approximate surface area is 123 Å². The maximum Gasteiger partial charge on any atom is 0.137 e. The molecule has 3 nitrogen and oxygen atoms in total. The topological polar surface area (TPSA) is 27.1 Å². The van der Waals surface area contributed by atoms with E-state index < -0.39 is 0 Å². The van der Waals surface area contributed by atoms with Gasteiger partial charge in [-0.15, -0.1) is 11.6 Å². The summed E-state index contributed by atoms with van der Waals surface area (Å²) in [6.45, 7) is 4.65. The zero-order valence-corrected chi connectivity index (χ0v) is 12.5. The van der Waals surface area contributed by atoms with Crippen LogP contribution in [0.3, 0.4) is 0 Å². The van der Waals surface area contributed by atoms with Crippen molar-refractivity contribution in [2.45, 2.75) is 26.1 Å². The van der Waals surface area contributed by atoms with E-state index in [2.05, 4.69) is 5.10 Å². The van der Waals surface area contributed by atoms with Gasteiger partial charge in [-0.25, -0.2) is 4.68 Å². The molecule has 1 aromatic heterocycles. The van der Waals surface area contributed by atoms with Crippen LogP contribution < -0.4 is 4.74 Å². The third-order valence-electron chi connectivity index (χ3n) is 2.86. The molecule has 0 aliphatic rings. The van der Waals surface area contributed by atoms with Gasteiger partial charge in [-0.05, 0) is 37.6 Å². The maximum atomic E-state index is 6.33. The smallest absolute Gasteiger partial charge is 0.137 e. The number of nitrogens with zero attached hydrogens (tertiary/aromatic N) is 2. The lowest BCUT2D eigenvalue weighted by Crippen LogP contribution is -1.98. The third-order valence-corrected chi connectivity index (χ3v) is 3.52. The first-order valence-electron chi connectivity index (χ1n) is 6.26. The largest absolute Gasteiger partial charge is 0.494 e. The SMILES string of the molecule is CCOc1ccc(-n2nc(CC)c(CCl)c2Cl)cc1. The summed E-state index contributed by atoms with van der Waals surface area (Å²) < 4.78 is 7.13. The number of aromatic nitrogens is 2. The summed E-state index contributed by atoms with van der Waals surface area (Å²) in [6.07, 6.45) is 0.811. The number of rotatable bonds is 5. The second kappa shape index (κ2) is 6.31. The molecule has 0 unspecified atom stereocenters. The summed E-state index contributed by atoms with van der Waals surface area (Å²) in [6, 6.07) is 7.67. The van der Waals surface area contributed by atoms with Crippen molar-refractivity contribution in [2.24, 2.45) is 0 Å². The Morgan fingerprint density at radius 1 is 1.21 bits per heavy atom. The van der Waals surface area contributed by atoms with Gasteiger partial charge in [-0.1, -0.05) is 18.5 Å². The first-order valence-corrected chi connectivity index (χ1v) is 7.18. The minimum atomic E-state index is 0.374. The highest BCUT2D eigenvalue weighted by atomic mass is 35.5. The van der Waals surface area contributed by atoms with Crippen molar-refractivity contribution in [3.63, 3.8) is 0 Å². The number of ether oxygens (including phenoxy) is 1. The molecule has 0 saturated carbocycles. The Morgan fingerprint density at radius 2 is 1.89 bits per heavy atom. The first-order chi connectivity index (χ1) is 9.21. The monoisotopic (exact) mass is 298 g/mol. The summed E-state index contributed by atoms with van der Waals surface area (Å²) in [7, 11) is 0. The Kier molecular flexibility index (Phi) is 4.72. The Bertz CT molecular complexity index is 549. The van der Waals surface area contributed by atoms with Crippen molar-refractivity contribution in [1.82, 2.24) is 9.78 Å².